The van der Waals surface area contributed by atoms with Crippen molar-refractivity contribution in [2.75, 3.05) is 13.2 Å². The van der Waals surface area contributed by atoms with Crippen molar-refractivity contribution >= 4 is 0 Å². The summed E-state index contributed by atoms with van der Waals surface area (Å²) in [7, 11) is 0. The molecule has 2 spiro atoms. The summed E-state index contributed by atoms with van der Waals surface area (Å²) in [6, 6.07) is 0. The smallest absolute Gasteiger partial charge is 0.449 e. The van der Waals surface area contributed by atoms with Crippen molar-refractivity contribution in [1.29, 1.82) is 0 Å². The Morgan fingerprint density at radius 2 is 1.30 bits per heavy atom. The first-order valence-corrected chi connectivity index (χ1v) is 18.3. The number of ether oxygens (including phenoxy) is 5. The zero-order valence-corrected chi connectivity index (χ0v) is 29.1. The zero-order valence-electron chi connectivity index (χ0n) is 29.1. The second kappa shape index (κ2) is 11.6. The van der Waals surface area contributed by atoms with Crippen LogP contribution in [0.25, 0.3) is 0 Å². The Morgan fingerprint density at radius 1 is 0.700 bits per heavy atom. The van der Waals surface area contributed by atoms with E-state index in [1.807, 2.05) is 6.92 Å². The van der Waals surface area contributed by atoms with Gasteiger partial charge in [0, 0.05) is 48.7 Å². The summed E-state index contributed by atoms with van der Waals surface area (Å²) in [4.78, 5) is 23.5. The number of hydrogen-bond donors (Lipinski definition) is 0. The molecule has 8 aliphatic heterocycles. The van der Waals surface area contributed by atoms with E-state index in [-0.39, 0.29) is 42.3 Å². The summed E-state index contributed by atoms with van der Waals surface area (Å²) >= 11 is 0. The van der Waals surface area contributed by atoms with Crippen LogP contribution in [0, 0.1) is 41.4 Å². The maximum absolute atomic E-state index is 15.3. The minimum atomic E-state index is -4.85. The van der Waals surface area contributed by atoms with Gasteiger partial charge in [0.1, 0.15) is 0 Å². The lowest BCUT2D eigenvalue weighted by Crippen LogP contribution is -2.75. The molecule has 0 N–H and O–H groups in total. The summed E-state index contributed by atoms with van der Waals surface area (Å²) in [6.07, 6.45) is -8.43. The lowest BCUT2D eigenvalue weighted by atomic mass is 9.55. The van der Waals surface area contributed by atoms with Crippen LogP contribution in [-0.4, -0.2) is 66.5 Å². The molecule has 284 valence electrons. The van der Waals surface area contributed by atoms with Gasteiger partial charge in [0.2, 0.25) is 23.6 Å². The highest BCUT2D eigenvalue weighted by Gasteiger charge is 2.76. The SMILES string of the molecule is C[C@@H]1CC[C@H]2C(COCCC[C@@]3(C(F)(F)F)O[C@@H]4O[C@@]5(C)CCC6[C@H](C)CC[C@@H]([C@H]3C)[C@]64OO5)=C(C(F)(F)F)O[C@@H]3O[C@@]4(C)CCC1[C@]32OO4. The Kier molecular flexibility index (Phi) is 8.34. The summed E-state index contributed by atoms with van der Waals surface area (Å²) in [5.74, 6) is -6.03. The van der Waals surface area contributed by atoms with Crippen molar-refractivity contribution in [2.45, 2.75) is 152 Å². The van der Waals surface area contributed by atoms with Crippen molar-refractivity contribution in [1.82, 2.24) is 0 Å². The average Bonchev–Trinajstić information content (AvgIpc) is 3.41. The summed E-state index contributed by atoms with van der Waals surface area (Å²) in [6.45, 7) is 8.23. The van der Waals surface area contributed by atoms with E-state index in [0.29, 0.717) is 44.9 Å². The fourth-order valence-electron chi connectivity index (χ4n) is 11.3. The molecule has 0 aromatic rings. The van der Waals surface area contributed by atoms with Gasteiger partial charge in [-0.3, -0.25) is 0 Å². The van der Waals surface area contributed by atoms with E-state index in [4.69, 9.17) is 43.2 Å². The highest BCUT2D eigenvalue weighted by Crippen LogP contribution is 2.65. The third-order valence-corrected chi connectivity index (χ3v) is 13.9. The van der Waals surface area contributed by atoms with Crippen LogP contribution < -0.4 is 0 Å². The quantitative estimate of drug-likeness (QED) is 0.154. The molecular weight excluding hydrogens is 678 g/mol. The van der Waals surface area contributed by atoms with E-state index in [1.165, 1.54) is 0 Å². The molecule has 2 saturated carbocycles. The van der Waals surface area contributed by atoms with E-state index in [9.17, 15) is 13.2 Å². The van der Waals surface area contributed by atoms with Gasteiger partial charge >= 0.3 is 12.4 Å². The molecule has 7 saturated heterocycles. The molecule has 14 atom stereocenters. The highest BCUT2D eigenvalue weighted by molar-refractivity contribution is 5.28. The minimum absolute atomic E-state index is 0.103. The van der Waals surface area contributed by atoms with E-state index < -0.39 is 89.9 Å². The van der Waals surface area contributed by atoms with Crippen LogP contribution in [0.2, 0.25) is 0 Å². The molecule has 2 aliphatic carbocycles. The van der Waals surface area contributed by atoms with Crippen molar-refractivity contribution in [3.63, 3.8) is 0 Å². The largest absolute Gasteiger partial charge is 0.456 e. The van der Waals surface area contributed by atoms with Gasteiger partial charge in [0.05, 0.1) is 6.61 Å². The Labute approximate surface area is 287 Å². The predicted molar refractivity (Wildman–Crippen MR) is 159 cm³/mol. The summed E-state index contributed by atoms with van der Waals surface area (Å²) < 4.78 is 119. The van der Waals surface area contributed by atoms with Gasteiger partial charge in [-0.25, -0.2) is 19.6 Å². The average molecular weight is 727 g/mol. The number of allylic oxidation sites excluding steroid dienone is 1. The first kappa shape index (κ1) is 35.8. The van der Waals surface area contributed by atoms with Crippen molar-refractivity contribution < 1.29 is 69.6 Å². The second-order valence-corrected chi connectivity index (χ2v) is 16.7. The molecule has 2 unspecified atom stereocenters. The van der Waals surface area contributed by atoms with Crippen molar-refractivity contribution in [3.8, 4) is 0 Å². The zero-order chi connectivity index (χ0) is 35.7. The van der Waals surface area contributed by atoms with Gasteiger partial charge in [-0.05, 0) is 83.0 Å². The van der Waals surface area contributed by atoms with Crippen LogP contribution in [0.4, 0.5) is 26.3 Å². The van der Waals surface area contributed by atoms with Crippen LogP contribution in [0.15, 0.2) is 11.3 Å². The molecule has 0 amide bonds. The van der Waals surface area contributed by atoms with Gasteiger partial charge in [0.25, 0.3) is 0 Å². The number of hydrogen-bond acceptors (Lipinski definition) is 9. The number of halogens is 6. The van der Waals surface area contributed by atoms with Crippen LogP contribution in [-0.2, 0) is 43.2 Å². The van der Waals surface area contributed by atoms with E-state index in [0.717, 1.165) is 6.42 Å². The molecule has 0 radical (unpaired) electrons. The number of fused-ring (bicyclic) bond motifs is 4. The molecule has 9 fully saturated rings. The van der Waals surface area contributed by atoms with E-state index >= 15 is 13.2 Å². The fraction of sp³-hybridized carbons (Fsp3) is 0.943. The molecule has 9 nitrogen and oxygen atoms in total. The van der Waals surface area contributed by atoms with Gasteiger partial charge < -0.3 is 23.7 Å². The summed E-state index contributed by atoms with van der Waals surface area (Å²) in [5.41, 5.74) is -5.20. The van der Waals surface area contributed by atoms with Gasteiger partial charge in [-0.2, -0.15) is 26.3 Å². The Hall–Kier alpha value is -1.20. The lowest BCUT2D eigenvalue weighted by molar-refractivity contribution is -0.584. The summed E-state index contributed by atoms with van der Waals surface area (Å²) in [5, 5.41) is 0. The van der Waals surface area contributed by atoms with Gasteiger partial charge in [-0.15, -0.1) is 0 Å². The number of alkyl halides is 6. The molecule has 10 aliphatic rings. The van der Waals surface area contributed by atoms with Crippen molar-refractivity contribution in [3.05, 3.63) is 11.3 Å². The fourth-order valence-corrected chi connectivity index (χ4v) is 11.3. The van der Waals surface area contributed by atoms with Crippen LogP contribution in [0.5, 0.6) is 0 Å². The molecule has 8 heterocycles. The highest BCUT2D eigenvalue weighted by atomic mass is 19.4. The third-order valence-electron chi connectivity index (χ3n) is 13.9. The normalized spacial score (nSPS) is 51.4. The van der Waals surface area contributed by atoms with Crippen LogP contribution >= 0.6 is 0 Å². The Morgan fingerprint density at radius 3 is 1.94 bits per heavy atom. The molecule has 0 aromatic carbocycles. The minimum Gasteiger partial charge on any atom is -0.456 e. The Bertz CT molecular complexity index is 1380. The maximum Gasteiger partial charge on any atom is 0.449 e. The maximum atomic E-state index is 15.3. The monoisotopic (exact) mass is 726 g/mol. The molecule has 10 rings (SSSR count). The third kappa shape index (κ3) is 5.02. The van der Waals surface area contributed by atoms with E-state index in [1.54, 1.807) is 20.8 Å². The van der Waals surface area contributed by atoms with Gasteiger partial charge in [-0.1, -0.05) is 20.8 Å². The van der Waals surface area contributed by atoms with Gasteiger partial charge in [0.15, 0.2) is 23.1 Å². The molecule has 0 aromatic heterocycles. The first-order chi connectivity index (χ1) is 23.4. The lowest BCUT2D eigenvalue weighted by Gasteiger charge is -2.63. The molecule has 50 heavy (non-hydrogen) atoms. The second-order valence-electron chi connectivity index (χ2n) is 16.7. The van der Waals surface area contributed by atoms with E-state index in [2.05, 4.69) is 6.92 Å². The topological polar surface area (TPSA) is 83.1 Å². The molecular formula is C35H48F6O9. The Balaban J connectivity index is 1.03. The van der Waals surface area contributed by atoms with Crippen molar-refractivity contribution in [2.24, 2.45) is 41.4 Å². The predicted octanol–water partition coefficient (Wildman–Crippen LogP) is 8.03. The molecule has 4 bridgehead atoms. The first-order valence-electron chi connectivity index (χ1n) is 18.3. The van der Waals surface area contributed by atoms with Crippen LogP contribution in [0.1, 0.15) is 98.8 Å². The van der Waals surface area contributed by atoms with Crippen LogP contribution in [0.3, 0.4) is 0 Å². The number of rotatable bonds is 6. The standard InChI is InChI=1S/C35H48F6O9/c1-18-7-9-24-20(3)31(35(39,40)41,46-28-32(24)22(18)11-15-30(5,45-28)48-49-32)13-6-16-42-17-21-25-10-8-19(2)23-12-14-29(4)44-27(33(23,25)50-47-29)43-26(21)34(36,37)38/h18-20,22-25,27-28H,6-17H2,1-5H3/t18-,19-,20-,22?,23?,24+,25+,27-,28+,29-,30-,31-,32-,33-/m1/s1. The molecule has 15 heteroatoms.